The lowest BCUT2D eigenvalue weighted by molar-refractivity contribution is -0.145. The number of amides is 1. The first-order valence-corrected chi connectivity index (χ1v) is 9.41. The smallest absolute Gasteiger partial charge is 0.225 e. The number of carbonyl (C=O) groups excluding carboxylic acids is 1. The van der Waals surface area contributed by atoms with Crippen molar-refractivity contribution in [3.05, 3.63) is 42.5 Å². The minimum atomic E-state index is -0.314. The highest BCUT2D eigenvalue weighted by Crippen LogP contribution is 2.39. The second kappa shape index (κ2) is 5.84. The Labute approximate surface area is 152 Å². The number of aromatic nitrogens is 2. The van der Waals surface area contributed by atoms with Gasteiger partial charge in [-0.15, -0.1) is 0 Å². The molecule has 0 atom stereocenters. The minimum absolute atomic E-state index is 0.00808. The predicted octanol–water partition coefficient (Wildman–Crippen LogP) is 1.94. The van der Waals surface area contributed by atoms with Crippen molar-refractivity contribution in [1.29, 1.82) is 0 Å². The first kappa shape index (κ1) is 15.9. The van der Waals surface area contributed by atoms with Gasteiger partial charge in [-0.2, -0.15) is 0 Å². The van der Waals surface area contributed by atoms with Crippen LogP contribution >= 0.6 is 0 Å². The van der Waals surface area contributed by atoms with Crippen molar-refractivity contribution < 1.29 is 14.6 Å². The molecule has 26 heavy (non-hydrogen) atoms. The summed E-state index contributed by atoms with van der Waals surface area (Å²) in [6.45, 7) is 1.41. The van der Waals surface area contributed by atoms with E-state index in [-0.39, 0.29) is 23.5 Å². The Morgan fingerprint density at radius 1 is 1.23 bits per heavy atom. The number of para-hydroxylation sites is 2. The number of fused-ring (bicyclic) bond motifs is 3. The summed E-state index contributed by atoms with van der Waals surface area (Å²) in [5.74, 6) is 2.09. The molecule has 6 nitrogen and oxygen atoms in total. The number of likely N-dealkylation sites (tertiary alicyclic amines) is 1. The predicted molar refractivity (Wildman–Crippen MR) is 95.2 cm³/mol. The van der Waals surface area contributed by atoms with E-state index in [0.717, 1.165) is 36.5 Å². The number of hydrogen-bond acceptors (Lipinski definition) is 4. The van der Waals surface area contributed by atoms with Crippen molar-refractivity contribution in [2.75, 3.05) is 13.1 Å². The topological polar surface area (TPSA) is 67.6 Å². The van der Waals surface area contributed by atoms with E-state index in [1.54, 1.807) is 0 Å². The van der Waals surface area contributed by atoms with Crippen molar-refractivity contribution >= 4 is 5.91 Å². The second-order valence-corrected chi connectivity index (χ2v) is 7.79. The van der Waals surface area contributed by atoms with Gasteiger partial charge in [0.05, 0.1) is 11.8 Å². The van der Waals surface area contributed by atoms with E-state index >= 15 is 0 Å². The van der Waals surface area contributed by atoms with Crippen molar-refractivity contribution in [3.63, 3.8) is 0 Å². The molecule has 1 aliphatic carbocycles. The van der Waals surface area contributed by atoms with Gasteiger partial charge in [0.1, 0.15) is 17.2 Å². The third kappa shape index (κ3) is 2.51. The molecule has 0 radical (unpaired) electrons. The maximum Gasteiger partial charge on any atom is 0.225 e. The van der Waals surface area contributed by atoms with Gasteiger partial charge >= 0.3 is 0 Å². The Morgan fingerprint density at radius 2 is 2.00 bits per heavy atom. The van der Waals surface area contributed by atoms with Crippen LogP contribution in [0.25, 0.3) is 5.69 Å². The molecule has 1 saturated carbocycles. The largest absolute Gasteiger partial charge is 0.484 e. The first-order valence-electron chi connectivity index (χ1n) is 9.41. The van der Waals surface area contributed by atoms with Gasteiger partial charge in [0.2, 0.25) is 5.91 Å². The van der Waals surface area contributed by atoms with Crippen molar-refractivity contribution in [2.45, 2.75) is 43.8 Å². The summed E-state index contributed by atoms with van der Waals surface area (Å²) in [5, 5.41) is 9.46. The highest BCUT2D eigenvalue weighted by atomic mass is 16.5. The molecule has 2 aliphatic heterocycles. The summed E-state index contributed by atoms with van der Waals surface area (Å²) in [5.41, 5.74) is 0.713. The number of benzene rings is 1. The minimum Gasteiger partial charge on any atom is -0.484 e. The molecule has 1 aromatic heterocycles. The van der Waals surface area contributed by atoms with Crippen LogP contribution in [0.3, 0.4) is 0 Å². The lowest BCUT2D eigenvalue weighted by atomic mass is 9.80. The summed E-state index contributed by atoms with van der Waals surface area (Å²) < 4.78 is 8.64. The molecule has 6 heteroatoms. The zero-order valence-corrected chi connectivity index (χ0v) is 14.7. The van der Waals surface area contributed by atoms with Gasteiger partial charge in [-0.1, -0.05) is 12.1 Å². The van der Waals surface area contributed by atoms with E-state index in [9.17, 15) is 9.90 Å². The summed E-state index contributed by atoms with van der Waals surface area (Å²) in [6, 6.07) is 8.08. The van der Waals surface area contributed by atoms with Gasteiger partial charge in [0, 0.05) is 50.7 Å². The highest BCUT2D eigenvalue weighted by molar-refractivity contribution is 5.80. The number of nitrogens with zero attached hydrogens (tertiary/aromatic N) is 3. The fourth-order valence-corrected chi connectivity index (χ4v) is 4.45. The number of carbonyl (C=O) groups is 1. The quantitative estimate of drug-likeness (QED) is 0.851. The SMILES string of the molecule is O=C(C1CC(O)C1)N1CCC2(CC1)Cc1nccn1-c1ccccc1O2. The van der Waals surface area contributed by atoms with Gasteiger partial charge in [-0.25, -0.2) is 4.98 Å². The van der Waals surface area contributed by atoms with Crippen LogP contribution in [-0.2, 0) is 11.2 Å². The summed E-state index contributed by atoms with van der Waals surface area (Å²) in [6.07, 6.45) is 7.11. The maximum absolute atomic E-state index is 12.6. The molecule has 0 unspecified atom stereocenters. The Morgan fingerprint density at radius 3 is 2.77 bits per heavy atom. The lowest BCUT2D eigenvalue weighted by Crippen LogP contribution is -2.53. The van der Waals surface area contributed by atoms with E-state index in [1.165, 1.54) is 0 Å². The zero-order valence-electron chi connectivity index (χ0n) is 14.7. The number of aliphatic hydroxyl groups is 1. The Kier molecular flexibility index (Phi) is 3.57. The van der Waals surface area contributed by atoms with Crippen LogP contribution in [0, 0.1) is 5.92 Å². The first-order chi connectivity index (χ1) is 12.6. The Bertz CT molecular complexity index is 832. The van der Waals surface area contributed by atoms with Crippen LogP contribution in [0.1, 0.15) is 31.5 Å². The van der Waals surface area contributed by atoms with Gasteiger partial charge in [-0.05, 0) is 25.0 Å². The van der Waals surface area contributed by atoms with Crippen LogP contribution in [0.2, 0.25) is 0 Å². The Hall–Kier alpha value is -2.34. The number of piperidine rings is 1. The van der Waals surface area contributed by atoms with Crippen LogP contribution in [-0.4, -0.2) is 50.3 Å². The van der Waals surface area contributed by atoms with E-state index < -0.39 is 0 Å². The van der Waals surface area contributed by atoms with E-state index in [1.807, 2.05) is 35.5 Å². The molecule has 1 N–H and O–H groups in total. The zero-order chi connectivity index (χ0) is 17.7. The third-order valence-electron chi connectivity index (χ3n) is 6.10. The van der Waals surface area contributed by atoms with Crippen molar-refractivity contribution in [2.24, 2.45) is 5.92 Å². The Balaban J connectivity index is 1.37. The molecule has 1 aromatic carbocycles. The monoisotopic (exact) mass is 353 g/mol. The molecule has 2 aromatic rings. The second-order valence-electron chi connectivity index (χ2n) is 7.79. The van der Waals surface area contributed by atoms with Crippen LogP contribution in [0.15, 0.2) is 36.7 Å². The van der Waals surface area contributed by atoms with Crippen molar-refractivity contribution in [1.82, 2.24) is 14.5 Å². The van der Waals surface area contributed by atoms with Gasteiger partial charge in [0.25, 0.3) is 0 Å². The van der Waals surface area contributed by atoms with Gasteiger partial charge in [-0.3, -0.25) is 4.79 Å². The van der Waals surface area contributed by atoms with Gasteiger partial charge in [0.15, 0.2) is 0 Å². The molecular weight excluding hydrogens is 330 g/mol. The average Bonchev–Trinajstić information content (AvgIpc) is 3.02. The number of aliphatic hydroxyl groups excluding tert-OH is 1. The number of hydrogen-bond donors (Lipinski definition) is 1. The molecule has 5 rings (SSSR count). The standard InChI is InChI=1S/C20H23N3O3/c24-15-11-14(12-15)19(25)22-8-5-20(6-9-22)13-18-21-7-10-23(18)16-3-1-2-4-17(16)26-20/h1-4,7,10,14-15,24H,5-6,8-9,11-13H2. The van der Waals surface area contributed by atoms with Crippen LogP contribution in [0.4, 0.5) is 0 Å². The summed E-state index contributed by atoms with van der Waals surface area (Å²) in [4.78, 5) is 19.1. The van der Waals surface area contributed by atoms with Crippen LogP contribution in [0.5, 0.6) is 5.75 Å². The molecule has 1 saturated heterocycles. The molecule has 0 bridgehead atoms. The number of imidazole rings is 1. The van der Waals surface area contributed by atoms with E-state index in [2.05, 4.69) is 15.6 Å². The van der Waals surface area contributed by atoms with Crippen LogP contribution < -0.4 is 4.74 Å². The van der Waals surface area contributed by atoms with E-state index in [0.29, 0.717) is 25.9 Å². The molecular formula is C20H23N3O3. The van der Waals surface area contributed by atoms with Gasteiger partial charge < -0.3 is 19.3 Å². The van der Waals surface area contributed by atoms with Crippen molar-refractivity contribution in [3.8, 4) is 11.4 Å². The third-order valence-corrected chi connectivity index (χ3v) is 6.10. The maximum atomic E-state index is 12.6. The number of ether oxygens (including phenoxy) is 1. The lowest BCUT2D eigenvalue weighted by Gasteiger charge is -2.43. The summed E-state index contributed by atoms with van der Waals surface area (Å²) in [7, 11) is 0. The molecule has 3 heterocycles. The molecule has 1 amide bonds. The fraction of sp³-hybridized carbons (Fsp3) is 0.500. The number of rotatable bonds is 1. The summed E-state index contributed by atoms with van der Waals surface area (Å²) >= 11 is 0. The highest BCUT2D eigenvalue weighted by Gasteiger charge is 2.43. The normalized spacial score (nSPS) is 26.3. The molecule has 2 fully saturated rings. The fourth-order valence-electron chi connectivity index (χ4n) is 4.45. The molecule has 136 valence electrons. The molecule has 3 aliphatic rings. The average molecular weight is 353 g/mol. The van der Waals surface area contributed by atoms with E-state index in [4.69, 9.17) is 4.74 Å². The molecule has 1 spiro atoms.